The molecule has 8 nitrogen and oxygen atoms in total. The van der Waals surface area contributed by atoms with Gasteiger partial charge in [-0.25, -0.2) is 37.5 Å². The molecule has 4 aromatic heterocycles. The van der Waals surface area contributed by atoms with Crippen LogP contribution in [-0.2, 0) is 21.7 Å². The summed E-state index contributed by atoms with van der Waals surface area (Å²) in [6, 6.07) is 2.55. The van der Waals surface area contributed by atoms with Crippen LogP contribution in [0.15, 0.2) is 53.8 Å². The van der Waals surface area contributed by atoms with Gasteiger partial charge >= 0.3 is 19.5 Å². The van der Waals surface area contributed by atoms with Crippen LogP contribution in [0.2, 0.25) is 10.0 Å². The third-order valence-corrected chi connectivity index (χ3v) is 7.85. The number of hydrogen-bond acceptors (Lipinski definition) is 8. The van der Waals surface area contributed by atoms with Gasteiger partial charge in [-0.2, -0.15) is 26.3 Å². The SMILES string of the molecule is CC1(C)OB(c2cnc(C(F)(F)F)nc2)OC1(C)C.FC(F)c1ncc(-c2cnc(C(F)(F)F)nc2)cc1Cl.FC(F)c1ncc(Br)cc1Cl. The molecule has 5 heterocycles. The van der Waals surface area contributed by atoms with Crippen molar-refractivity contribution in [1.82, 2.24) is 29.9 Å². The van der Waals surface area contributed by atoms with E-state index in [1.54, 1.807) is 0 Å². The Labute approximate surface area is 296 Å². The van der Waals surface area contributed by atoms with Crippen molar-refractivity contribution in [2.75, 3.05) is 0 Å². The topological polar surface area (TPSA) is 95.8 Å². The first-order valence-corrected chi connectivity index (χ1v) is 15.1. The number of hydrogen-bond donors (Lipinski definition) is 0. The molecule has 50 heavy (non-hydrogen) atoms. The van der Waals surface area contributed by atoms with Gasteiger partial charge in [-0.1, -0.05) is 23.2 Å². The van der Waals surface area contributed by atoms with E-state index in [1.165, 1.54) is 18.3 Å². The smallest absolute Gasteiger partial charge is 0.399 e. The third-order valence-electron chi connectivity index (χ3n) is 6.81. The molecule has 270 valence electrons. The van der Waals surface area contributed by atoms with Crippen molar-refractivity contribution >= 4 is 51.7 Å². The molecule has 0 unspecified atom stereocenters. The third kappa shape index (κ3) is 10.7. The standard InChI is InChI=1S/C11H14BF3N2O2.C11H5ClF5N3.C6H3BrClF2N/c1-9(2)10(3,4)19-12(18-9)7-5-16-8(17-6-7)11(13,14)15;12-7-1-5(2-18-8(7)9(13)14)6-3-19-10(20-4-6)11(15,16)17;7-3-1-4(8)5(6(9)10)11-2-3/h5-6H,1-4H3;1-4,9H;1-2,6H. The molecule has 0 amide bonds. The maximum Gasteiger partial charge on any atom is 0.498 e. The van der Waals surface area contributed by atoms with E-state index in [0.29, 0.717) is 9.94 Å². The summed E-state index contributed by atoms with van der Waals surface area (Å²) in [5.74, 6) is -2.46. The minimum atomic E-state index is -4.64. The molecule has 1 fully saturated rings. The molecule has 0 aromatic carbocycles. The first kappa shape index (κ1) is 41.2. The first-order chi connectivity index (χ1) is 22.9. The predicted molar refractivity (Wildman–Crippen MR) is 165 cm³/mol. The lowest BCUT2D eigenvalue weighted by molar-refractivity contribution is -0.145. The number of halogens is 13. The first-order valence-electron chi connectivity index (χ1n) is 13.6. The van der Waals surface area contributed by atoms with Crippen LogP contribution >= 0.6 is 39.1 Å². The lowest BCUT2D eigenvalue weighted by atomic mass is 9.81. The van der Waals surface area contributed by atoms with E-state index < -0.39 is 60.9 Å². The molecule has 22 heteroatoms. The summed E-state index contributed by atoms with van der Waals surface area (Å²) in [5.41, 5.74) is -1.29. The lowest BCUT2D eigenvalue weighted by Crippen LogP contribution is -2.41. The van der Waals surface area contributed by atoms with Crippen LogP contribution in [0.3, 0.4) is 0 Å². The fourth-order valence-electron chi connectivity index (χ4n) is 3.56. The van der Waals surface area contributed by atoms with Crippen molar-refractivity contribution in [2.45, 2.75) is 64.1 Å². The number of pyridine rings is 2. The molecule has 0 radical (unpaired) electrons. The molecule has 1 saturated heterocycles. The zero-order valence-electron chi connectivity index (χ0n) is 25.8. The van der Waals surface area contributed by atoms with E-state index in [2.05, 4.69) is 45.8 Å². The normalized spacial score (nSPS) is 15.4. The van der Waals surface area contributed by atoms with Gasteiger partial charge in [0.2, 0.25) is 11.6 Å². The molecule has 1 aliphatic rings. The summed E-state index contributed by atoms with van der Waals surface area (Å²) in [4.78, 5) is 19.8. The number of rotatable bonds is 4. The second kappa shape index (κ2) is 16.0. The molecule has 0 N–H and O–H groups in total. The van der Waals surface area contributed by atoms with Crippen molar-refractivity contribution in [3.05, 3.63) is 86.9 Å². The highest BCUT2D eigenvalue weighted by Crippen LogP contribution is 2.37. The van der Waals surface area contributed by atoms with Crippen LogP contribution < -0.4 is 5.46 Å². The zero-order chi connectivity index (χ0) is 37.8. The van der Waals surface area contributed by atoms with Crippen LogP contribution in [0.5, 0.6) is 0 Å². The number of alkyl halides is 10. The Kier molecular flexibility index (Phi) is 13.2. The quantitative estimate of drug-likeness (QED) is 0.149. The molecular weight excluding hydrogens is 804 g/mol. The van der Waals surface area contributed by atoms with Crippen LogP contribution in [0, 0.1) is 0 Å². The second-order valence-corrected chi connectivity index (χ2v) is 12.7. The molecule has 1 aliphatic heterocycles. The Morgan fingerprint density at radius 1 is 0.620 bits per heavy atom. The molecule has 0 spiro atoms. The highest BCUT2D eigenvalue weighted by Gasteiger charge is 2.52. The van der Waals surface area contributed by atoms with E-state index in [0.717, 1.165) is 31.0 Å². The van der Waals surface area contributed by atoms with Gasteiger partial charge in [0, 0.05) is 58.2 Å². The molecule has 0 atom stereocenters. The van der Waals surface area contributed by atoms with Gasteiger partial charge in [0.1, 0.15) is 11.4 Å². The largest absolute Gasteiger partial charge is 0.498 e. The maximum atomic E-state index is 12.4. The van der Waals surface area contributed by atoms with E-state index in [4.69, 9.17) is 32.5 Å². The molecular formula is C28H22BBrCl2F10N6O2. The number of nitrogens with zero attached hydrogens (tertiary/aromatic N) is 6. The molecule has 4 aromatic rings. The number of aromatic nitrogens is 6. The predicted octanol–water partition coefficient (Wildman–Crippen LogP) is 9.38. The van der Waals surface area contributed by atoms with E-state index in [1.807, 2.05) is 27.7 Å². The Balaban J connectivity index is 0.000000212. The van der Waals surface area contributed by atoms with Gasteiger partial charge in [0.05, 0.1) is 21.2 Å². The highest BCUT2D eigenvalue weighted by molar-refractivity contribution is 9.10. The second-order valence-electron chi connectivity index (χ2n) is 10.9. The maximum absolute atomic E-state index is 12.4. The van der Waals surface area contributed by atoms with Gasteiger partial charge in [-0.05, 0) is 55.8 Å². The summed E-state index contributed by atoms with van der Waals surface area (Å²) < 4.78 is 135. The van der Waals surface area contributed by atoms with Crippen LogP contribution in [-0.4, -0.2) is 48.2 Å². The van der Waals surface area contributed by atoms with Gasteiger partial charge in [-0.15, -0.1) is 0 Å². The summed E-state index contributed by atoms with van der Waals surface area (Å²) in [6.45, 7) is 7.44. The van der Waals surface area contributed by atoms with Crippen LogP contribution in [0.4, 0.5) is 43.9 Å². The van der Waals surface area contributed by atoms with Crippen LogP contribution in [0.1, 0.15) is 63.6 Å². The molecule has 0 bridgehead atoms. The Hall–Kier alpha value is -3.20. The van der Waals surface area contributed by atoms with Gasteiger partial charge in [0.15, 0.2) is 0 Å². The minimum Gasteiger partial charge on any atom is -0.399 e. The van der Waals surface area contributed by atoms with Crippen molar-refractivity contribution < 1.29 is 53.2 Å². The van der Waals surface area contributed by atoms with E-state index in [9.17, 15) is 43.9 Å². The van der Waals surface area contributed by atoms with Crippen LogP contribution in [0.25, 0.3) is 11.1 Å². The summed E-state index contributed by atoms with van der Waals surface area (Å²) in [7, 11) is -0.757. The average Bonchev–Trinajstić information content (AvgIpc) is 3.22. The van der Waals surface area contributed by atoms with Gasteiger partial charge < -0.3 is 9.31 Å². The zero-order valence-corrected chi connectivity index (χ0v) is 28.9. The van der Waals surface area contributed by atoms with Crippen molar-refractivity contribution in [3.8, 4) is 11.1 Å². The van der Waals surface area contributed by atoms with E-state index in [-0.39, 0.29) is 26.9 Å². The summed E-state index contributed by atoms with van der Waals surface area (Å²) in [6.07, 6.45) is -8.28. The molecule has 0 aliphatic carbocycles. The fraction of sp³-hybridized carbons (Fsp3) is 0.357. The Bertz CT molecular complexity index is 1740. The van der Waals surface area contributed by atoms with Crippen molar-refractivity contribution in [3.63, 3.8) is 0 Å². The molecule has 0 saturated carbocycles. The average molecular weight is 826 g/mol. The Morgan fingerprint density at radius 2 is 1.00 bits per heavy atom. The highest BCUT2D eigenvalue weighted by atomic mass is 79.9. The minimum absolute atomic E-state index is 0.0191. The van der Waals surface area contributed by atoms with Gasteiger partial charge in [0.25, 0.3) is 12.9 Å². The summed E-state index contributed by atoms with van der Waals surface area (Å²) >= 11 is 14.1. The monoisotopic (exact) mass is 824 g/mol. The fourth-order valence-corrected chi connectivity index (χ4v) is 4.52. The van der Waals surface area contributed by atoms with Crippen molar-refractivity contribution in [1.29, 1.82) is 0 Å². The van der Waals surface area contributed by atoms with Crippen molar-refractivity contribution in [2.24, 2.45) is 0 Å². The summed E-state index contributed by atoms with van der Waals surface area (Å²) in [5, 5.41) is -0.299. The van der Waals surface area contributed by atoms with E-state index >= 15 is 0 Å². The Morgan fingerprint density at radius 3 is 1.38 bits per heavy atom. The molecule has 5 rings (SSSR count). The van der Waals surface area contributed by atoms with Gasteiger partial charge in [-0.3, -0.25) is 9.97 Å². The lowest BCUT2D eigenvalue weighted by Gasteiger charge is -2.32.